The van der Waals surface area contributed by atoms with Crippen molar-refractivity contribution in [2.75, 3.05) is 26.4 Å². The van der Waals surface area contributed by atoms with Crippen LogP contribution in [-0.4, -0.2) is 37.5 Å². The maximum absolute atomic E-state index is 12.2. The summed E-state index contributed by atoms with van der Waals surface area (Å²) in [7, 11) is 4.03. The van der Waals surface area contributed by atoms with Gasteiger partial charge < -0.3 is 16.0 Å². The second-order valence-electron chi connectivity index (χ2n) is 5.69. The second-order valence-corrected chi connectivity index (χ2v) is 5.69. The third kappa shape index (κ3) is 5.75. The van der Waals surface area contributed by atoms with E-state index < -0.39 is 0 Å². The molecule has 0 bridgehead atoms. The number of benzene rings is 1. The molecular formula is C15H25N3O. The van der Waals surface area contributed by atoms with Gasteiger partial charge in [-0.15, -0.1) is 0 Å². The third-order valence-electron chi connectivity index (χ3n) is 2.83. The minimum atomic E-state index is -0.0557. The Hall–Kier alpha value is -1.55. The first-order valence-electron chi connectivity index (χ1n) is 6.69. The molecule has 0 heterocycles. The maximum atomic E-state index is 12.2. The maximum Gasteiger partial charge on any atom is 0.251 e. The number of nitrogen functional groups attached to an aromatic ring is 1. The van der Waals surface area contributed by atoms with Gasteiger partial charge in [0.25, 0.3) is 5.91 Å². The van der Waals surface area contributed by atoms with Crippen LogP contribution in [0.1, 0.15) is 30.6 Å². The largest absolute Gasteiger partial charge is 0.399 e. The van der Waals surface area contributed by atoms with Crippen LogP contribution >= 0.6 is 0 Å². The van der Waals surface area contributed by atoms with Crippen molar-refractivity contribution >= 4 is 11.6 Å². The Labute approximate surface area is 116 Å². The van der Waals surface area contributed by atoms with Gasteiger partial charge in [0.15, 0.2) is 0 Å². The minimum absolute atomic E-state index is 0.0557. The van der Waals surface area contributed by atoms with E-state index in [2.05, 4.69) is 24.1 Å². The highest BCUT2D eigenvalue weighted by Gasteiger charge is 2.16. The van der Waals surface area contributed by atoms with Gasteiger partial charge in [-0.1, -0.05) is 19.9 Å². The molecule has 3 N–H and O–H groups in total. The molecule has 19 heavy (non-hydrogen) atoms. The zero-order valence-corrected chi connectivity index (χ0v) is 12.3. The SMILES string of the molecule is CC(C)CC(CN(C)C)NC(=O)c1cccc(N)c1. The highest BCUT2D eigenvalue weighted by atomic mass is 16.1. The molecule has 1 aromatic carbocycles. The van der Waals surface area contributed by atoms with Crippen molar-refractivity contribution in [2.24, 2.45) is 5.92 Å². The van der Waals surface area contributed by atoms with Crippen LogP contribution in [0.5, 0.6) is 0 Å². The van der Waals surface area contributed by atoms with Gasteiger partial charge in [0.1, 0.15) is 0 Å². The fourth-order valence-electron chi connectivity index (χ4n) is 2.14. The molecule has 1 rings (SSSR count). The van der Waals surface area contributed by atoms with Crippen molar-refractivity contribution < 1.29 is 4.79 Å². The molecular weight excluding hydrogens is 238 g/mol. The first-order chi connectivity index (χ1) is 8.88. The molecule has 106 valence electrons. The summed E-state index contributed by atoms with van der Waals surface area (Å²) in [4.78, 5) is 14.3. The lowest BCUT2D eigenvalue weighted by atomic mass is 10.0. The number of nitrogens with one attached hydrogen (secondary N) is 1. The van der Waals surface area contributed by atoms with Crippen molar-refractivity contribution in [2.45, 2.75) is 26.3 Å². The highest BCUT2D eigenvalue weighted by molar-refractivity contribution is 5.95. The van der Waals surface area contributed by atoms with Crippen LogP contribution in [-0.2, 0) is 0 Å². The summed E-state index contributed by atoms with van der Waals surface area (Å²) in [6.45, 7) is 5.16. The second kappa shape index (κ2) is 7.14. The van der Waals surface area contributed by atoms with Gasteiger partial charge >= 0.3 is 0 Å². The molecule has 0 spiro atoms. The van der Waals surface area contributed by atoms with E-state index in [1.54, 1.807) is 24.3 Å². The van der Waals surface area contributed by atoms with Gasteiger partial charge in [-0.05, 0) is 44.6 Å². The lowest BCUT2D eigenvalue weighted by molar-refractivity contribution is 0.0924. The van der Waals surface area contributed by atoms with Gasteiger partial charge in [-0.2, -0.15) is 0 Å². The first kappa shape index (κ1) is 15.5. The quantitative estimate of drug-likeness (QED) is 0.772. The third-order valence-corrected chi connectivity index (χ3v) is 2.83. The summed E-state index contributed by atoms with van der Waals surface area (Å²) in [6, 6.07) is 7.23. The smallest absolute Gasteiger partial charge is 0.251 e. The van der Waals surface area contributed by atoms with E-state index >= 15 is 0 Å². The van der Waals surface area contributed by atoms with E-state index in [1.807, 2.05) is 14.1 Å². The van der Waals surface area contributed by atoms with E-state index in [9.17, 15) is 4.79 Å². The number of nitrogens with zero attached hydrogens (tertiary/aromatic N) is 1. The molecule has 4 heteroatoms. The van der Waals surface area contributed by atoms with Crippen LogP contribution in [0.2, 0.25) is 0 Å². The molecule has 1 amide bonds. The van der Waals surface area contributed by atoms with Gasteiger partial charge in [0.2, 0.25) is 0 Å². The lowest BCUT2D eigenvalue weighted by Gasteiger charge is -2.24. The Morgan fingerprint density at radius 2 is 2.05 bits per heavy atom. The van der Waals surface area contributed by atoms with Gasteiger partial charge in [-0.25, -0.2) is 0 Å². The Morgan fingerprint density at radius 1 is 1.37 bits per heavy atom. The number of likely N-dealkylation sites (N-methyl/N-ethyl adjacent to an activating group) is 1. The number of nitrogens with two attached hydrogens (primary N) is 1. The number of carbonyl (C=O) groups is 1. The summed E-state index contributed by atoms with van der Waals surface area (Å²) >= 11 is 0. The lowest BCUT2D eigenvalue weighted by Crippen LogP contribution is -2.42. The number of rotatable bonds is 6. The monoisotopic (exact) mass is 263 g/mol. The molecule has 0 saturated heterocycles. The van der Waals surface area contributed by atoms with Crippen molar-refractivity contribution in [3.63, 3.8) is 0 Å². The summed E-state index contributed by atoms with van der Waals surface area (Å²) in [5, 5.41) is 3.09. The molecule has 0 saturated carbocycles. The zero-order chi connectivity index (χ0) is 14.4. The normalized spacial score (nSPS) is 12.7. The molecule has 0 aliphatic heterocycles. The van der Waals surface area contributed by atoms with E-state index in [1.165, 1.54) is 0 Å². The molecule has 0 aliphatic rings. The summed E-state index contributed by atoms with van der Waals surface area (Å²) in [5.41, 5.74) is 6.93. The standard InChI is InChI=1S/C15H25N3O/c1-11(2)8-14(10-18(3)4)17-15(19)12-6-5-7-13(16)9-12/h5-7,9,11,14H,8,10,16H2,1-4H3,(H,17,19). The number of hydrogen-bond acceptors (Lipinski definition) is 3. The van der Waals surface area contributed by atoms with E-state index in [0.717, 1.165) is 13.0 Å². The van der Waals surface area contributed by atoms with Crippen molar-refractivity contribution in [3.05, 3.63) is 29.8 Å². The highest BCUT2D eigenvalue weighted by Crippen LogP contribution is 2.09. The van der Waals surface area contributed by atoms with Gasteiger partial charge in [0, 0.05) is 23.8 Å². The minimum Gasteiger partial charge on any atom is -0.399 e. The summed E-state index contributed by atoms with van der Waals surface area (Å²) in [6.07, 6.45) is 0.965. The number of carbonyl (C=O) groups excluding carboxylic acids is 1. The average molecular weight is 263 g/mol. The Kier molecular flexibility index (Phi) is 5.83. The number of anilines is 1. The van der Waals surface area contributed by atoms with Crippen LogP contribution in [0.15, 0.2) is 24.3 Å². The van der Waals surface area contributed by atoms with Gasteiger partial charge in [-0.3, -0.25) is 4.79 Å². The van der Waals surface area contributed by atoms with Crippen LogP contribution < -0.4 is 11.1 Å². The first-order valence-corrected chi connectivity index (χ1v) is 6.69. The molecule has 4 nitrogen and oxygen atoms in total. The molecule has 1 unspecified atom stereocenters. The number of hydrogen-bond donors (Lipinski definition) is 2. The molecule has 1 aromatic rings. The van der Waals surface area contributed by atoms with E-state index in [4.69, 9.17) is 5.73 Å². The average Bonchev–Trinajstić information content (AvgIpc) is 2.26. The summed E-state index contributed by atoms with van der Waals surface area (Å²) in [5.74, 6) is 0.492. The van der Waals surface area contributed by atoms with E-state index in [0.29, 0.717) is 17.2 Å². The van der Waals surface area contributed by atoms with Gasteiger partial charge in [0.05, 0.1) is 0 Å². The zero-order valence-electron chi connectivity index (χ0n) is 12.3. The van der Waals surface area contributed by atoms with E-state index in [-0.39, 0.29) is 11.9 Å². The summed E-state index contributed by atoms with van der Waals surface area (Å²) < 4.78 is 0. The molecule has 0 aromatic heterocycles. The fourth-order valence-corrected chi connectivity index (χ4v) is 2.14. The van der Waals surface area contributed by atoms with Crippen molar-refractivity contribution in [1.82, 2.24) is 10.2 Å². The molecule has 0 fully saturated rings. The number of amides is 1. The molecule has 0 radical (unpaired) electrons. The van der Waals surface area contributed by atoms with Crippen LogP contribution in [0, 0.1) is 5.92 Å². The fraction of sp³-hybridized carbons (Fsp3) is 0.533. The molecule has 0 aliphatic carbocycles. The van der Waals surface area contributed by atoms with Crippen LogP contribution in [0.3, 0.4) is 0 Å². The van der Waals surface area contributed by atoms with Crippen molar-refractivity contribution in [1.29, 1.82) is 0 Å². The molecule has 1 atom stereocenters. The topological polar surface area (TPSA) is 58.4 Å². The Balaban J connectivity index is 2.69. The predicted molar refractivity (Wildman–Crippen MR) is 80.1 cm³/mol. The van der Waals surface area contributed by atoms with Crippen LogP contribution in [0.4, 0.5) is 5.69 Å². The van der Waals surface area contributed by atoms with Crippen molar-refractivity contribution in [3.8, 4) is 0 Å². The van der Waals surface area contributed by atoms with Crippen LogP contribution in [0.25, 0.3) is 0 Å². The predicted octanol–water partition coefficient (Wildman–Crippen LogP) is 1.97. The Morgan fingerprint density at radius 3 is 2.58 bits per heavy atom. The Bertz CT molecular complexity index is 406.